The molecule has 2 aliphatic rings. The van der Waals surface area contributed by atoms with Gasteiger partial charge >= 0.3 is 0 Å². The van der Waals surface area contributed by atoms with Crippen LogP contribution < -0.4 is 14.2 Å². The van der Waals surface area contributed by atoms with Gasteiger partial charge in [-0.1, -0.05) is 0 Å². The second kappa shape index (κ2) is 9.73. The lowest BCUT2D eigenvalue weighted by atomic mass is 9.93. The number of fused-ring (bicyclic) bond motifs is 2. The van der Waals surface area contributed by atoms with Crippen LogP contribution in [0.5, 0.6) is 17.4 Å². The van der Waals surface area contributed by atoms with Crippen molar-refractivity contribution in [3.63, 3.8) is 0 Å². The van der Waals surface area contributed by atoms with E-state index in [0.717, 1.165) is 60.9 Å². The van der Waals surface area contributed by atoms with E-state index in [1.807, 2.05) is 24.3 Å². The van der Waals surface area contributed by atoms with Crippen molar-refractivity contribution < 1.29 is 18.6 Å². The van der Waals surface area contributed by atoms with Crippen LogP contribution in [0.4, 0.5) is 4.39 Å². The van der Waals surface area contributed by atoms with Gasteiger partial charge in [0, 0.05) is 35.3 Å². The van der Waals surface area contributed by atoms with E-state index in [1.165, 1.54) is 6.20 Å². The maximum atomic E-state index is 14.6. The Balaban J connectivity index is 1.09. The molecule has 8 nitrogen and oxygen atoms in total. The first kappa shape index (κ1) is 22.7. The Morgan fingerprint density at radius 1 is 1.08 bits per heavy atom. The number of hydrogen-bond donors (Lipinski definition) is 1. The Morgan fingerprint density at radius 2 is 1.92 bits per heavy atom. The maximum Gasteiger partial charge on any atom is 0.213 e. The van der Waals surface area contributed by atoms with Gasteiger partial charge in [0.15, 0.2) is 11.5 Å². The summed E-state index contributed by atoms with van der Waals surface area (Å²) in [4.78, 5) is 11.0. The van der Waals surface area contributed by atoms with Crippen LogP contribution >= 0.6 is 0 Å². The fourth-order valence-electron chi connectivity index (χ4n) is 5.06. The van der Waals surface area contributed by atoms with E-state index in [1.54, 1.807) is 13.2 Å². The van der Waals surface area contributed by atoms with Gasteiger partial charge in [-0.3, -0.25) is 10.1 Å². The molecule has 5 heterocycles. The van der Waals surface area contributed by atoms with Crippen molar-refractivity contribution in [1.82, 2.24) is 25.1 Å². The molecule has 0 unspecified atom stereocenters. The van der Waals surface area contributed by atoms with Gasteiger partial charge in [-0.2, -0.15) is 5.10 Å². The first-order chi connectivity index (χ1) is 17.7. The summed E-state index contributed by atoms with van der Waals surface area (Å²) < 4.78 is 31.2. The van der Waals surface area contributed by atoms with Crippen molar-refractivity contribution in [2.75, 3.05) is 40.0 Å². The van der Waals surface area contributed by atoms with Gasteiger partial charge < -0.3 is 19.1 Å². The van der Waals surface area contributed by atoms with Gasteiger partial charge in [-0.15, -0.1) is 0 Å². The highest BCUT2D eigenvalue weighted by atomic mass is 19.1. The number of pyridine rings is 2. The largest absolute Gasteiger partial charge is 0.486 e. The second-order valence-corrected chi connectivity index (χ2v) is 9.24. The van der Waals surface area contributed by atoms with Crippen LogP contribution in [0.1, 0.15) is 30.0 Å². The van der Waals surface area contributed by atoms with E-state index in [0.29, 0.717) is 48.0 Å². The van der Waals surface area contributed by atoms with Crippen LogP contribution in [0.3, 0.4) is 0 Å². The predicted molar refractivity (Wildman–Crippen MR) is 133 cm³/mol. The number of rotatable bonds is 6. The summed E-state index contributed by atoms with van der Waals surface area (Å²) in [7, 11) is 1.56. The number of benzene rings is 1. The molecule has 186 valence electrons. The first-order valence-electron chi connectivity index (χ1n) is 12.3. The topological polar surface area (TPSA) is 85.4 Å². The van der Waals surface area contributed by atoms with E-state index in [4.69, 9.17) is 14.2 Å². The minimum absolute atomic E-state index is 0.317. The highest BCUT2D eigenvalue weighted by Gasteiger charge is 2.23. The average Bonchev–Trinajstić information content (AvgIpc) is 3.43. The van der Waals surface area contributed by atoms with Crippen LogP contribution in [0.15, 0.2) is 42.6 Å². The summed E-state index contributed by atoms with van der Waals surface area (Å²) in [6.45, 7) is 3.81. The number of halogens is 1. The maximum absolute atomic E-state index is 14.6. The number of hydrogen-bond acceptors (Lipinski definition) is 7. The molecule has 0 radical (unpaired) electrons. The number of ether oxygens (including phenoxy) is 3. The Hall–Kier alpha value is -3.72. The van der Waals surface area contributed by atoms with Gasteiger partial charge in [0.25, 0.3) is 0 Å². The summed E-state index contributed by atoms with van der Waals surface area (Å²) in [6.07, 6.45) is 3.91. The molecule has 3 aromatic heterocycles. The Bertz CT molecular complexity index is 1380. The zero-order chi connectivity index (χ0) is 24.5. The summed E-state index contributed by atoms with van der Waals surface area (Å²) in [5.41, 5.74) is 4.93. The third kappa shape index (κ3) is 4.46. The normalized spacial score (nSPS) is 16.4. The van der Waals surface area contributed by atoms with Gasteiger partial charge in [-0.05, 0) is 62.7 Å². The van der Waals surface area contributed by atoms with Crippen LogP contribution in [0.25, 0.3) is 22.3 Å². The predicted octanol–water partition coefficient (Wildman–Crippen LogP) is 4.36. The zero-order valence-electron chi connectivity index (χ0n) is 20.2. The number of aromatic amines is 1. The molecule has 0 saturated carbocycles. The molecule has 0 bridgehead atoms. The first-order valence-corrected chi connectivity index (χ1v) is 12.3. The van der Waals surface area contributed by atoms with E-state index >= 15 is 0 Å². The van der Waals surface area contributed by atoms with E-state index in [-0.39, 0.29) is 5.82 Å². The van der Waals surface area contributed by atoms with E-state index < -0.39 is 0 Å². The minimum atomic E-state index is -0.317. The van der Waals surface area contributed by atoms with Gasteiger partial charge in [0.2, 0.25) is 5.88 Å². The molecular formula is C27H28FN5O3. The molecule has 1 fully saturated rings. The number of methoxy groups -OCH3 is 1. The number of piperidine rings is 1. The molecule has 6 rings (SSSR count). The molecule has 1 aromatic carbocycles. The van der Waals surface area contributed by atoms with Crippen LogP contribution in [0, 0.1) is 5.82 Å². The van der Waals surface area contributed by atoms with E-state index in [2.05, 4.69) is 31.1 Å². The summed E-state index contributed by atoms with van der Waals surface area (Å²) in [5, 5.41) is 7.81. The summed E-state index contributed by atoms with van der Waals surface area (Å²) in [6, 6.07) is 11.7. The van der Waals surface area contributed by atoms with Gasteiger partial charge in [-0.25, -0.2) is 9.37 Å². The zero-order valence-corrected chi connectivity index (χ0v) is 20.2. The molecule has 0 amide bonds. The third-order valence-electron chi connectivity index (χ3n) is 7.09. The Kier molecular flexibility index (Phi) is 6.14. The number of nitrogens with one attached hydrogen (secondary N) is 1. The molecule has 1 saturated heterocycles. The number of nitrogens with zero attached hydrogens (tertiary/aromatic N) is 4. The van der Waals surface area contributed by atoms with Crippen molar-refractivity contribution in [3.8, 4) is 28.6 Å². The highest BCUT2D eigenvalue weighted by molar-refractivity contribution is 5.78. The SMILES string of the molecule is COc1ccc2ncc(F)c(CCN3CCC(c4cc(-c5ccc6c(c5)OCCO6)n[nH]4)CC3)c2n1. The monoisotopic (exact) mass is 489 g/mol. The van der Waals surface area contributed by atoms with Crippen molar-refractivity contribution in [1.29, 1.82) is 0 Å². The lowest BCUT2D eigenvalue weighted by Gasteiger charge is -2.31. The van der Waals surface area contributed by atoms with Crippen molar-refractivity contribution in [2.45, 2.75) is 25.2 Å². The van der Waals surface area contributed by atoms with Gasteiger partial charge in [0.05, 0.1) is 30.0 Å². The number of H-pyrrole nitrogens is 1. The molecule has 0 atom stereocenters. The third-order valence-corrected chi connectivity index (χ3v) is 7.09. The Labute approximate surface area is 208 Å². The number of likely N-dealkylation sites (tertiary alicyclic amines) is 1. The smallest absolute Gasteiger partial charge is 0.213 e. The molecular weight excluding hydrogens is 461 g/mol. The van der Waals surface area contributed by atoms with Crippen molar-refractivity contribution in [2.24, 2.45) is 0 Å². The molecule has 2 aliphatic heterocycles. The quantitative estimate of drug-likeness (QED) is 0.431. The molecule has 0 aliphatic carbocycles. The standard InChI is InChI=1S/C27H28FN5O3/c1-34-26-5-3-21-27(30-26)19(20(28)16-29-21)8-11-33-9-6-17(7-10-33)22-15-23(32-31-22)18-2-4-24-25(14-18)36-13-12-35-24/h2-5,14-17H,6-13H2,1H3,(H,31,32). The van der Waals surface area contributed by atoms with Gasteiger partial charge in [0.1, 0.15) is 19.0 Å². The second-order valence-electron chi connectivity index (χ2n) is 9.24. The summed E-state index contributed by atoms with van der Waals surface area (Å²) in [5.74, 6) is 2.12. The fraction of sp³-hybridized carbons (Fsp3) is 0.370. The minimum Gasteiger partial charge on any atom is -0.486 e. The lowest BCUT2D eigenvalue weighted by Crippen LogP contribution is -2.34. The fourth-order valence-corrected chi connectivity index (χ4v) is 5.06. The average molecular weight is 490 g/mol. The molecule has 0 spiro atoms. The van der Waals surface area contributed by atoms with Crippen molar-refractivity contribution >= 4 is 11.0 Å². The Morgan fingerprint density at radius 3 is 2.75 bits per heavy atom. The molecule has 1 N–H and O–H groups in total. The van der Waals surface area contributed by atoms with Crippen LogP contribution in [-0.4, -0.2) is 65.0 Å². The molecule has 9 heteroatoms. The highest BCUT2D eigenvalue weighted by Crippen LogP contribution is 2.35. The van der Waals surface area contributed by atoms with Crippen molar-refractivity contribution in [3.05, 3.63) is 59.7 Å². The molecule has 36 heavy (non-hydrogen) atoms. The summed E-state index contributed by atoms with van der Waals surface area (Å²) >= 11 is 0. The van der Waals surface area contributed by atoms with Crippen LogP contribution in [-0.2, 0) is 6.42 Å². The molecule has 4 aromatic rings. The van der Waals surface area contributed by atoms with Crippen LogP contribution in [0.2, 0.25) is 0 Å². The lowest BCUT2D eigenvalue weighted by molar-refractivity contribution is 0.171. The number of aromatic nitrogens is 4. The van der Waals surface area contributed by atoms with E-state index in [9.17, 15) is 4.39 Å².